The van der Waals surface area contributed by atoms with Gasteiger partial charge in [-0.1, -0.05) is 11.6 Å². The van der Waals surface area contributed by atoms with Crippen molar-refractivity contribution in [3.05, 3.63) is 28.8 Å². The minimum absolute atomic E-state index is 0.131. The highest BCUT2D eigenvalue weighted by Gasteiger charge is 2.38. The molecule has 0 atom stereocenters. The summed E-state index contributed by atoms with van der Waals surface area (Å²) in [6, 6.07) is 5.18. The van der Waals surface area contributed by atoms with Gasteiger partial charge in [-0.05, 0) is 43.5 Å². The zero-order chi connectivity index (χ0) is 16.9. The van der Waals surface area contributed by atoms with Crippen LogP contribution in [0.25, 0.3) is 0 Å². The lowest BCUT2D eigenvalue weighted by atomic mass is 9.79. The molecule has 0 aliphatic carbocycles. The molecule has 1 aliphatic heterocycles. The molecule has 2 amide bonds. The first-order valence-electron chi connectivity index (χ1n) is 7.46. The number of ether oxygens (including phenoxy) is 2. The first-order valence-corrected chi connectivity index (χ1v) is 7.84. The lowest BCUT2D eigenvalue weighted by Crippen LogP contribution is -2.50. The zero-order valence-corrected chi connectivity index (χ0v) is 13.8. The predicted octanol–water partition coefficient (Wildman–Crippen LogP) is 1.43. The number of nitrogens with one attached hydrogen (secondary N) is 1. The Kier molecular flexibility index (Phi) is 5.85. The Balaban J connectivity index is 1.85. The molecule has 1 aromatic rings. The van der Waals surface area contributed by atoms with Crippen LogP contribution in [0.4, 0.5) is 0 Å². The van der Waals surface area contributed by atoms with Crippen molar-refractivity contribution in [2.24, 2.45) is 11.1 Å². The molecule has 1 saturated heterocycles. The van der Waals surface area contributed by atoms with Gasteiger partial charge in [-0.2, -0.15) is 0 Å². The van der Waals surface area contributed by atoms with Crippen LogP contribution in [0.3, 0.4) is 0 Å². The van der Waals surface area contributed by atoms with Gasteiger partial charge in [-0.3, -0.25) is 9.59 Å². The summed E-state index contributed by atoms with van der Waals surface area (Å²) >= 11 is 5.87. The van der Waals surface area contributed by atoms with Crippen LogP contribution >= 0.6 is 11.6 Å². The molecule has 0 radical (unpaired) electrons. The fourth-order valence-corrected chi connectivity index (χ4v) is 2.74. The molecule has 0 bridgehead atoms. The van der Waals surface area contributed by atoms with Crippen molar-refractivity contribution in [2.45, 2.75) is 19.8 Å². The molecule has 3 N–H and O–H groups in total. The maximum Gasteiger partial charge on any atom is 0.257 e. The lowest BCUT2D eigenvalue weighted by Gasteiger charge is -2.34. The van der Waals surface area contributed by atoms with Gasteiger partial charge < -0.3 is 20.5 Å². The first-order chi connectivity index (χ1) is 10.9. The van der Waals surface area contributed by atoms with E-state index in [0.717, 1.165) is 5.56 Å². The number of amides is 2. The smallest absolute Gasteiger partial charge is 0.257 e. The van der Waals surface area contributed by atoms with Crippen molar-refractivity contribution in [3.8, 4) is 5.75 Å². The standard InChI is InChI=1S/C16H21ClN2O4/c1-11-8-12(17)2-3-13(11)23-9-14(20)19-10-16(15(18)21)4-6-22-7-5-16/h2-3,8H,4-7,9-10H2,1H3,(H2,18,21)(H,19,20). The van der Waals surface area contributed by atoms with Crippen molar-refractivity contribution in [3.63, 3.8) is 0 Å². The van der Waals surface area contributed by atoms with Gasteiger partial charge >= 0.3 is 0 Å². The zero-order valence-electron chi connectivity index (χ0n) is 13.1. The summed E-state index contributed by atoms with van der Waals surface area (Å²) in [4.78, 5) is 23.7. The maximum atomic E-state index is 12.0. The van der Waals surface area contributed by atoms with E-state index in [1.807, 2.05) is 6.92 Å². The SMILES string of the molecule is Cc1cc(Cl)ccc1OCC(=O)NCC1(C(N)=O)CCOCC1. The minimum Gasteiger partial charge on any atom is -0.484 e. The van der Waals surface area contributed by atoms with Crippen LogP contribution in [0.1, 0.15) is 18.4 Å². The lowest BCUT2D eigenvalue weighted by molar-refractivity contribution is -0.134. The Hall–Kier alpha value is -1.79. The third-order valence-electron chi connectivity index (χ3n) is 4.09. The minimum atomic E-state index is -0.732. The molecule has 1 aromatic carbocycles. The van der Waals surface area contributed by atoms with Gasteiger partial charge in [0.1, 0.15) is 5.75 Å². The molecule has 2 rings (SSSR count). The Bertz CT molecular complexity index is 585. The Morgan fingerprint density at radius 1 is 1.39 bits per heavy atom. The largest absolute Gasteiger partial charge is 0.484 e. The number of halogens is 1. The van der Waals surface area contributed by atoms with Crippen LogP contribution in [-0.4, -0.2) is 38.2 Å². The number of hydrogen-bond donors (Lipinski definition) is 2. The molecule has 1 aliphatic rings. The van der Waals surface area contributed by atoms with E-state index in [1.54, 1.807) is 18.2 Å². The van der Waals surface area contributed by atoms with Gasteiger partial charge in [0.2, 0.25) is 5.91 Å². The summed E-state index contributed by atoms with van der Waals surface area (Å²) in [5.41, 5.74) is 5.62. The molecule has 7 heteroatoms. The third-order valence-corrected chi connectivity index (χ3v) is 4.33. The molecular weight excluding hydrogens is 320 g/mol. The molecule has 1 fully saturated rings. The average molecular weight is 341 g/mol. The van der Waals surface area contributed by atoms with Crippen LogP contribution in [-0.2, 0) is 14.3 Å². The number of benzene rings is 1. The quantitative estimate of drug-likeness (QED) is 0.819. The summed E-state index contributed by atoms with van der Waals surface area (Å²) < 4.78 is 10.7. The van der Waals surface area contributed by atoms with E-state index >= 15 is 0 Å². The Labute approximate surface area is 140 Å². The van der Waals surface area contributed by atoms with Crippen molar-refractivity contribution in [1.82, 2.24) is 5.32 Å². The Morgan fingerprint density at radius 2 is 2.09 bits per heavy atom. The summed E-state index contributed by atoms with van der Waals surface area (Å²) in [5, 5.41) is 3.34. The van der Waals surface area contributed by atoms with Crippen molar-refractivity contribution >= 4 is 23.4 Å². The second kappa shape index (κ2) is 7.66. The molecule has 0 unspecified atom stereocenters. The number of carbonyl (C=O) groups excluding carboxylic acids is 2. The molecule has 0 aromatic heterocycles. The van der Waals surface area contributed by atoms with E-state index in [1.165, 1.54) is 0 Å². The fraction of sp³-hybridized carbons (Fsp3) is 0.500. The highest BCUT2D eigenvalue weighted by Crippen LogP contribution is 2.29. The van der Waals surface area contributed by atoms with E-state index in [4.69, 9.17) is 26.8 Å². The van der Waals surface area contributed by atoms with Gasteiger partial charge in [-0.25, -0.2) is 0 Å². The van der Waals surface area contributed by atoms with E-state index in [-0.39, 0.29) is 19.1 Å². The van der Waals surface area contributed by atoms with Crippen LogP contribution in [0.15, 0.2) is 18.2 Å². The van der Waals surface area contributed by atoms with Crippen molar-refractivity contribution in [1.29, 1.82) is 0 Å². The second-order valence-electron chi connectivity index (χ2n) is 5.73. The maximum absolute atomic E-state index is 12.0. The highest BCUT2D eigenvalue weighted by molar-refractivity contribution is 6.30. The summed E-state index contributed by atoms with van der Waals surface area (Å²) in [7, 11) is 0. The van der Waals surface area contributed by atoms with Crippen LogP contribution in [0.5, 0.6) is 5.75 Å². The van der Waals surface area contributed by atoms with E-state index in [9.17, 15) is 9.59 Å². The number of aryl methyl sites for hydroxylation is 1. The van der Waals surface area contributed by atoms with Gasteiger partial charge in [0.25, 0.3) is 5.91 Å². The van der Waals surface area contributed by atoms with Crippen LogP contribution in [0, 0.1) is 12.3 Å². The van der Waals surface area contributed by atoms with Crippen LogP contribution < -0.4 is 15.8 Å². The second-order valence-corrected chi connectivity index (χ2v) is 6.17. The average Bonchev–Trinajstić information content (AvgIpc) is 2.53. The normalized spacial score (nSPS) is 16.6. The van der Waals surface area contributed by atoms with Crippen molar-refractivity contribution < 1.29 is 19.1 Å². The van der Waals surface area contributed by atoms with Gasteiger partial charge in [0, 0.05) is 24.8 Å². The molecule has 6 nitrogen and oxygen atoms in total. The number of nitrogens with two attached hydrogens (primary N) is 1. The number of primary amides is 1. The summed E-state index contributed by atoms with van der Waals surface area (Å²) in [5.74, 6) is -0.109. The summed E-state index contributed by atoms with van der Waals surface area (Å²) in [6.07, 6.45) is 1.03. The number of rotatable bonds is 6. The third kappa shape index (κ3) is 4.59. The van der Waals surface area contributed by atoms with E-state index in [0.29, 0.717) is 36.8 Å². The van der Waals surface area contributed by atoms with Gasteiger partial charge in [0.15, 0.2) is 6.61 Å². The number of hydrogen-bond acceptors (Lipinski definition) is 4. The monoisotopic (exact) mass is 340 g/mol. The molecule has 0 saturated carbocycles. The van der Waals surface area contributed by atoms with E-state index in [2.05, 4.69) is 5.32 Å². The van der Waals surface area contributed by atoms with E-state index < -0.39 is 11.3 Å². The highest BCUT2D eigenvalue weighted by atomic mass is 35.5. The molecule has 0 spiro atoms. The topological polar surface area (TPSA) is 90.6 Å². The predicted molar refractivity (Wildman–Crippen MR) is 86.4 cm³/mol. The molecular formula is C16H21ClN2O4. The first kappa shape index (κ1) is 17.6. The van der Waals surface area contributed by atoms with Gasteiger partial charge in [-0.15, -0.1) is 0 Å². The fourth-order valence-electron chi connectivity index (χ4n) is 2.51. The molecule has 1 heterocycles. The van der Waals surface area contributed by atoms with Gasteiger partial charge in [0.05, 0.1) is 5.41 Å². The number of carbonyl (C=O) groups is 2. The summed E-state index contributed by atoms with van der Waals surface area (Å²) in [6.45, 7) is 2.86. The van der Waals surface area contributed by atoms with Crippen molar-refractivity contribution in [2.75, 3.05) is 26.4 Å². The molecule has 23 heavy (non-hydrogen) atoms. The van der Waals surface area contributed by atoms with Crippen LogP contribution in [0.2, 0.25) is 5.02 Å². The molecule has 126 valence electrons. The Morgan fingerprint density at radius 3 is 2.70 bits per heavy atom.